The van der Waals surface area contributed by atoms with Gasteiger partial charge in [0.25, 0.3) is 0 Å². The summed E-state index contributed by atoms with van der Waals surface area (Å²) in [6, 6.07) is 10.0. The highest BCUT2D eigenvalue weighted by molar-refractivity contribution is 6.35. The highest BCUT2D eigenvalue weighted by atomic mass is 35.5. The predicted molar refractivity (Wildman–Crippen MR) is 124 cm³/mol. The number of rotatable bonds is 4. The Kier molecular flexibility index (Phi) is 5.71. The molecule has 0 amide bonds. The van der Waals surface area contributed by atoms with Crippen LogP contribution in [-0.4, -0.2) is 41.0 Å². The van der Waals surface area contributed by atoms with Gasteiger partial charge in [-0.3, -0.25) is 0 Å². The monoisotopic (exact) mass is 439 g/mol. The first-order valence-electron chi connectivity index (χ1n) is 10.2. The Morgan fingerprint density at radius 3 is 2.19 bits per heavy atom. The SMILES string of the molecule is C=C(C)N1CCN(C(=C)c2ccc3c(Cl)cc(-c4cc(F)c(C)c(F)c4)nc3c2)CC1. The number of aromatic nitrogens is 1. The van der Waals surface area contributed by atoms with Crippen molar-refractivity contribution in [2.45, 2.75) is 13.8 Å². The van der Waals surface area contributed by atoms with Gasteiger partial charge in [-0.2, -0.15) is 0 Å². The second-order valence-corrected chi connectivity index (χ2v) is 8.35. The summed E-state index contributed by atoms with van der Waals surface area (Å²) in [5.41, 5.74) is 4.35. The van der Waals surface area contributed by atoms with E-state index in [1.807, 2.05) is 25.1 Å². The van der Waals surface area contributed by atoms with Gasteiger partial charge in [-0.15, -0.1) is 0 Å². The molecule has 0 bridgehead atoms. The van der Waals surface area contributed by atoms with Crippen LogP contribution in [0.15, 0.2) is 55.3 Å². The van der Waals surface area contributed by atoms with Gasteiger partial charge in [0.2, 0.25) is 0 Å². The van der Waals surface area contributed by atoms with Crippen LogP contribution in [0.5, 0.6) is 0 Å². The van der Waals surface area contributed by atoms with E-state index >= 15 is 0 Å². The number of benzene rings is 2. The topological polar surface area (TPSA) is 19.4 Å². The second kappa shape index (κ2) is 8.31. The lowest BCUT2D eigenvalue weighted by Crippen LogP contribution is -2.44. The molecule has 0 N–H and O–H groups in total. The fourth-order valence-corrected chi connectivity index (χ4v) is 4.11. The summed E-state index contributed by atoms with van der Waals surface area (Å²) in [6.07, 6.45) is 0. The van der Waals surface area contributed by atoms with Gasteiger partial charge in [-0.1, -0.05) is 36.9 Å². The molecule has 1 aromatic heterocycles. The lowest BCUT2D eigenvalue weighted by Gasteiger charge is -2.38. The molecule has 31 heavy (non-hydrogen) atoms. The highest BCUT2D eigenvalue weighted by Crippen LogP contribution is 2.32. The molecule has 1 aliphatic rings. The third kappa shape index (κ3) is 4.15. The number of hydrogen-bond acceptors (Lipinski definition) is 3. The van der Waals surface area contributed by atoms with E-state index in [-0.39, 0.29) is 5.56 Å². The number of hydrogen-bond donors (Lipinski definition) is 0. The van der Waals surface area contributed by atoms with E-state index in [4.69, 9.17) is 11.6 Å². The van der Waals surface area contributed by atoms with Crippen LogP contribution in [0.4, 0.5) is 8.78 Å². The molecule has 6 heteroatoms. The number of halogens is 3. The minimum absolute atomic E-state index is 0.0130. The summed E-state index contributed by atoms with van der Waals surface area (Å²) in [7, 11) is 0. The fraction of sp³-hybridized carbons (Fsp3) is 0.240. The molecule has 3 nitrogen and oxygen atoms in total. The molecule has 160 valence electrons. The Morgan fingerprint density at radius 1 is 0.968 bits per heavy atom. The molecule has 0 unspecified atom stereocenters. The first-order valence-corrected chi connectivity index (χ1v) is 10.5. The van der Waals surface area contributed by atoms with Crippen LogP contribution in [0.3, 0.4) is 0 Å². The van der Waals surface area contributed by atoms with Crippen LogP contribution in [0, 0.1) is 18.6 Å². The quantitative estimate of drug-likeness (QED) is 0.478. The molecule has 0 aliphatic carbocycles. The minimum atomic E-state index is -0.607. The summed E-state index contributed by atoms with van der Waals surface area (Å²) in [6.45, 7) is 15.3. The van der Waals surface area contributed by atoms with Gasteiger partial charge in [0.05, 0.1) is 16.2 Å². The van der Waals surface area contributed by atoms with E-state index in [9.17, 15) is 8.78 Å². The standard InChI is InChI=1S/C25H24ClF2N3/c1-15(2)30-7-9-31(10-8-30)17(4)18-5-6-20-21(26)14-24(29-25(20)13-18)19-11-22(27)16(3)23(28)12-19/h5-6,11-14H,1,4,7-10H2,2-3H3. The van der Waals surface area contributed by atoms with Crippen LogP contribution < -0.4 is 0 Å². The van der Waals surface area contributed by atoms with Gasteiger partial charge in [-0.05, 0) is 43.7 Å². The molecule has 1 fully saturated rings. The molecule has 3 aromatic rings. The van der Waals surface area contributed by atoms with Crippen molar-refractivity contribution >= 4 is 28.2 Å². The number of nitrogens with zero attached hydrogens (tertiary/aromatic N) is 3. The lowest BCUT2D eigenvalue weighted by atomic mass is 10.0. The Morgan fingerprint density at radius 2 is 1.58 bits per heavy atom. The molecule has 2 heterocycles. The van der Waals surface area contributed by atoms with Crippen LogP contribution in [0.2, 0.25) is 5.02 Å². The Hall–Kier alpha value is -2.92. The molecular weight excluding hydrogens is 416 g/mol. The van der Waals surface area contributed by atoms with Crippen molar-refractivity contribution < 1.29 is 8.78 Å². The predicted octanol–water partition coefficient (Wildman–Crippen LogP) is 6.26. The normalized spacial score (nSPS) is 14.2. The number of pyridine rings is 1. The average Bonchev–Trinajstić information content (AvgIpc) is 2.76. The zero-order valence-corrected chi connectivity index (χ0v) is 18.4. The van der Waals surface area contributed by atoms with E-state index in [0.29, 0.717) is 21.8 Å². The molecule has 1 aliphatic heterocycles. The maximum atomic E-state index is 14.1. The summed E-state index contributed by atoms with van der Waals surface area (Å²) in [5, 5.41) is 1.26. The second-order valence-electron chi connectivity index (χ2n) is 7.94. The van der Waals surface area contributed by atoms with Gasteiger partial charge in [0.1, 0.15) is 11.6 Å². The van der Waals surface area contributed by atoms with Crippen LogP contribution in [-0.2, 0) is 0 Å². The molecule has 4 rings (SSSR count). The van der Waals surface area contributed by atoms with E-state index in [1.54, 1.807) is 6.07 Å². The number of allylic oxidation sites excluding steroid dienone is 1. The van der Waals surface area contributed by atoms with Gasteiger partial charge in [-0.25, -0.2) is 13.8 Å². The average molecular weight is 440 g/mol. The Labute approximate surface area is 186 Å². The zero-order valence-electron chi connectivity index (χ0n) is 17.7. The van der Waals surface area contributed by atoms with Crippen molar-refractivity contribution in [2.24, 2.45) is 0 Å². The van der Waals surface area contributed by atoms with Gasteiger partial charge in [0.15, 0.2) is 0 Å². The van der Waals surface area contributed by atoms with Gasteiger partial charge >= 0.3 is 0 Å². The molecule has 2 aromatic carbocycles. The Balaban J connectivity index is 1.67. The first kappa shape index (κ1) is 21.3. The van der Waals surface area contributed by atoms with E-state index in [1.165, 1.54) is 19.1 Å². The Bertz CT molecular complexity index is 1170. The van der Waals surface area contributed by atoms with E-state index in [0.717, 1.165) is 48.5 Å². The van der Waals surface area contributed by atoms with Crippen LogP contribution in [0.25, 0.3) is 27.9 Å². The van der Waals surface area contributed by atoms with Crippen molar-refractivity contribution in [3.8, 4) is 11.3 Å². The lowest BCUT2D eigenvalue weighted by molar-refractivity contribution is 0.215. The molecule has 0 saturated carbocycles. The summed E-state index contributed by atoms with van der Waals surface area (Å²) < 4.78 is 28.1. The third-order valence-corrected chi connectivity index (χ3v) is 6.18. The minimum Gasteiger partial charge on any atom is -0.372 e. The zero-order chi connectivity index (χ0) is 22.3. The molecule has 0 spiro atoms. The van der Waals surface area contributed by atoms with Gasteiger partial charge < -0.3 is 9.80 Å². The maximum Gasteiger partial charge on any atom is 0.129 e. The van der Waals surface area contributed by atoms with Crippen molar-refractivity contribution in [2.75, 3.05) is 26.2 Å². The van der Waals surface area contributed by atoms with E-state index < -0.39 is 11.6 Å². The molecular formula is C25H24ClF2N3. The summed E-state index contributed by atoms with van der Waals surface area (Å²) in [4.78, 5) is 9.15. The van der Waals surface area contributed by atoms with Crippen LogP contribution >= 0.6 is 11.6 Å². The molecule has 0 radical (unpaired) electrons. The van der Waals surface area contributed by atoms with Crippen molar-refractivity contribution in [1.29, 1.82) is 0 Å². The summed E-state index contributed by atoms with van der Waals surface area (Å²) in [5.74, 6) is -1.21. The molecule has 1 saturated heterocycles. The van der Waals surface area contributed by atoms with Gasteiger partial charge in [0, 0.05) is 54.1 Å². The molecule has 0 atom stereocenters. The maximum absolute atomic E-state index is 14.1. The van der Waals surface area contributed by atoms with Crippen LogP contribution in [0.1, 0.15) is 18.1 Å². The number of fused-ring (bicyclic) bond motifs is 1. The van der Waals surface area contributed by atoms with Crippen molar-refractivity contribution in [3.63, 3.8) is 0 Å². The smallest absolute Gasteiger partial charge is 0.129 e. The van der Waals surface area contributed by atoms with Crippen molar-refractivity contribution in [1.82, 2.24) is 14.8 Å². The van der Waals surface area contributed by atoms with Crippen molar-refractivity contribution in [3.05, 3.63) is 83.0 Å². The third-order valence-electron chi connectivity index (χ3n) is 5.87. The highest BCUT2D eigenvalue weighted by Gasteiger charge is 2.19. The number of piperazine rings is 1. The summed E-state index contributed by atoms with van der Waals surface area (Å²) >= 11 is 6.48. The van der Waals surface area contributed by atoms with E-state index in [2.05, 4.69) is 27.9 Å². The first-order chi connectivity index (χ1) is 14.7. The largest absolute Gasteiger partial charge is 0.372 e. The fourth-order valence-electron chi connectivity index (χ4n) is 3.85.